The molecular formula is C42H52N4O12. The number of hydrogen-bond donors (Lipinski definition) is 2. The molecule has 0 radical (unpaired) electrons. The van der Waals surface area contributed by atoms with Crippen molar-refractivity contribution in [2.75, 3.05) is 56.9 Å². The summed E-state index contributed by atoms with van der Waals surface area (Å²) < 4.78 is 34.4. The number of carbonyl (C=O) groups excluding carboxylic acids is 4. The highest BCUT2D eigenvalue weighted by Gasteiger charge is 2.48. The van der Waals surface area contributed by atoms with Crippen molar-refractivity contribution >= 4 is 35.4 Å². The highest BCUT2D eigenvalue weighted by molar-refractivity contribution is 6.07. The Morgan fingerprint density at radius 3 is 1.60 bits per heavy atom. The van der Waals surface area contributed by atoms with Crippen molar-refractivity contribution in [2.24, 2.45) is 0 Å². The average molecular weight is 805 g/mol. The number of carbonyl (C=O) groups is 4. The molecule has 0 aromatic heterocycles. The number of rotatable bonds is 12. The van der Waals surface area contributed by atoms with Crippen LogP contribution >= 0.6 is 0 Å². The van der Waals surface area contributed by atoms with Gasteiger partial charge in [-0.15, -0.1) is 0 Å². The van der Waals surface area contributed by atoms with E-state index in [-0.39, 0.29) is 90.2 Å². The average Bonchev–Trinajstić information content (AvgIpc) is 3.74. The van der Waals surface area contributed by atoms with Crippen LogP contribution in [0.2, 0.25) is 0 Å². The number of fused-ring (bicyclic) bond motifs is 4. The van der Waals surface area contributed by atoms with E-state index in [4.69, 9.17) is 28.4 Å². The van der Waals surface area contributed by atoms with E-state index >= 15 is 0 Å². The van der Waals surface area contributed by atoms with Gasteiger partial charge in [0, 0.05) is 25.2 Å². The van der Waals surface area contributed by atoms with Crippen LogP contribution in [-0.4, -0.2) is 121 Å². The molecule has 4 aliphatic rings. The molecule has 0 unspecified atom stereocenters. The van der Waals surface area contributed by atoms with E-state index in [0.717, 1.165) is 20.9 Å². The van der Waals surface area contributed by atoms with Crippen molar-refractivity contribution in [3.63, 3.8) is 0 Å². The van der Waals surface area contributed by atoms with E-state index in [1.165, 1.54) is 54.4 Å². The number of unbranched alkanes of at least 4 members (excludes halogenated alkanes) is 2. The fourth-order valence-corrected chi connectivity index (χ4v) is 7.63. The lowest BCUT2D eigenvalue weighted by atomic mass is 10.1. The number of hydrogen-bond acceptors (Lipinski definition) is 12. The van der Waals surface area contributed by atoms with Crippen molar-refractivity contribution in [3.8, 4) is 23.0 Å². The van der Waals surface area contributed by atoms with Gasteiger partial charge in [0.25, 0.3) is 11.8 Å². The predicted octanol–water partition coefficient (Wildman–Crippen LogP) is 5.41. The number of aliphatic hydroxyl groups is 2. The van der Waals surface area contributed by atoms with Gasteiger partial charge in [0.1, 0.15) is 12.2 Å². The molecular weight excluding hydrogens is 752 g/mol. The van der Waals surface area contributed by atoms with Gasteiger partial charge in [0.05, 0.1) is 62.0 Å². The standard InChI is InChI=1S/C42H52N4O12/c1-9-13-57-40(51)45-28-20-34(32(53-7)18-26(28)36(47)43-22-24(2)16-30(43)38(45)49)55-14-11-10-12-15-56-35-21-29-27(19-33(35)54-8)37(48)44-23-25(3)17-31(44)39(50)46(29)41(52)58-42(4,5)6/h9,18-21,30-31,38-39,49-50H,1-3,10-17,22-23H2,4-8H3/t30-,31-,38-,39-/m0/s1. The Morgan fingerprint density at radius 1 is 0.741 bits per heavy atom. The lowest BCUT2D eigenvalue weighted by Gasteiger charge is -2.33. The minimum Gasteiger partial charge on any atom is -0.493 e. The number of anilines is 2. The van der Waals surface area contributed by atoms with E-state index < -0.39 is 42.3 Å². The van der Waals surface area contributed by atoms with E-state index in [1.54, 1.807) is 20.8 Å². The molecule has 2 N–H and O–H groups in total. The summed E-state index contributed by atoms with van der Waals surface area (Å²) in [6.45, 7) is 17.6. The molecule has 4 aliphatic heterocycles. The second-order valence-corrected chi connectivity index (χ2v) is 15.6. The molecule has 58 heavy (non-hydrogen) atoms. The number of aliphatic hydroxyl groups excluding tert-OH is 2. The van der Waals surface area contributed by atoms with Crippen LogP contribution in [0.3, 0.4) is 0 Å². The first-order valence-electron chi connectivity index (χ1n) is 19.2. The quantitative estimate of drug-likeness (QED) is 0.207. The van der Waals surface area contributed by atoms with Gasteiger partial charge in [-0.1, -0.05) is 37.0 Å². The zero-order valence-corrected chi connectivity index (χ0v) is 33.7. The molecule has 2 aromatic carbocycles. The van der Waals surface area contributed by atoms with Gasteiger partial charge in [-0.25, -0.2) is 19.4 Å². The van der Waals surface area contributed by atoms with E-state index in [1.807, 2.05) is 0 Å². The first-order chi connectivity index (χ1) is 27.6. The third-order valence-corrected chi connectivity index (χ3v) is 10.3. The zero-order chi connectivity index (χ0) is 42.1. The molecule has 4 amide bonds. The third kappa shape index (κ3) is 8.29. The summed E-state index contributed by atoms with van der Waals surface area (Å²) in [4.78, 5) is 59.6. The van der Waals surface area contributed by atoms with Crippen molar-refractivity contribution < 1.29 is 57.8 Å². The Balaban J connectivity index is 1.14. The molecule has 2 fully saturated rings. The summed E-state index contributed by atoms with van der Waals surface area (Å²) in [5.74, 6) is 0.304. The molecule has 2 saturated heterocycles. The normalized spacial score (nSPS) is 21.4. The summed E-state index contributed by atoms with van der Waals surface area (Å²) in [6.07, 6.45) is -0.632. The van der Waals surface area contributed by atoms with Gasteiger partial charge in [0.15, 0.2) is 35.5 Å². The van der Waals surface area contributed by atoms with Crippen LogP contribution < -0.4 is 28.7 Å². The lowest BCUT2D eigenvalue weighted by molar-refractivity contribution is 0.0310. The summed E-state index contributed by atoms with van der Waals surface area (Å²) >= 11 is 0. The Morgan fingerprint density at radius 2 is 1.19 bits per heavy atom. The first kappa shape index (κ1) is 41.9. The van der Waals surface area contributed by atoms with Crippen molar-refractivity contribution in [1.29, 1.82) is 0 Å². The maximum Gasteiger partial charge on any atom is 0.417 e. The smallest absolute Gasteiger partial charge is 0.417 e. The van der Waals surface area contributed by atoms with Crippen molar-refractivity contribution in [1.82, 2.24) is 9.80 Å². The molecule has 0 aliphatic carbocycles. The van der Waals surface area contributed by atoms with Crippen LogP contribution in [0.1, 0.15) is 73.6 Å². The lowest BCUT2D eigenvalue weighted by Crippen LogP contribution is -2.51. The maximum atomic E-state index is 13.8. The van der Waals surface area contributed by atoms with Crippen molar-refractivity contribution in [2.45, 2.75) is 83.0 Å². The molecule has 0 spiro atoms. The monoisotopic (exact) mass is 804 g/mol. The minimum absolute atomic E-state index is 0.0990. The highest BCUT2D eigenvalue weighted by atomic mass is 16.6. The molecule has 0 saturated carbocycles. The van der Waals surface area contributed by atoms with Crippen LogP contribution in [0.25, 0.3) is 0 Å². The Kier molecular flexibility index (Phi) is 12.3. The van der Waals surface area contributed by atoms with Gasteiger partial charge in [0.2, 0.25) is 0 Å². The first-order valence-corrected chi connectivity index (χ1v) is 19.2. The maximum absolute atomic E-state index is 13.8. The Hall–Kier alpha value is -5.74. The highest BCUT2D eigenvalue weighted by Crippen LogP contribution is 2.44. The number of nitrogens with zero attached hydrogens (tertiary/aromatic N) is 4. The number of methoxy groups -OCH3 is 2. The fraction of sp³-hybridized carbons (Fsp3) is 0.476. The second-order valence-electron chi connectivity index (χ2n) is 15.6. The van der Waals surface area contributed by atoms with Crippen molar-refractivity contribution in [3.05, 3.63) is 72.4 Å². The summed E-state index contributed by atoms with van der Waals surface area (Å²) in [5, 5.41) is 23.0. The van der Waals surface area contributed by atoms with Crippen LogP contribution in [0.15, 0.2) is 61.2 Å². The van der Waals surface area contributed by atoms with E-state index in [9.17, 15) is 29.4 Å². The predicted molar refractivity (Wildman–Crippen MR) is 213 cm³/mol. The molecule has 4 atom stereocenters. The second kappa shape index (κ2) is 17.0. The largest absolute Gasteiger partial charge is 0.493 e. The van der Waals surface area contributed by atoms with E-state index in [0.29, 0.717) is 32.1 Å². The SMILES string of the molecule is C=CCOC(=O)N1c2cc(OCCCCCOc3cc4c(cc3OC)C(=O)N3CC(=C)C[C@H]3[C@H](O)N4C(=O)OC(C)(C)C)c(OC)cc2C(=O)N2CC(=C)C[C@H]2[C@@H]1O. The molecule has 0 bridgehead atoms. The summed E-state index contributed by atoms with van der Waals surface area (Å²) in [6, 6.07) is 4.59. The van der Waals surface area contributed by atoms with Crippen LogP contribution in [0.5, 0.6) is 23.0 Å². The fourth-order valence-electron chi connectivity index (χ4n) is 7.63. The summed E-state index contributed by atoms with van der Waals surface area (Å²) in [7, 11) is 2.89. The number of ether oxygens (including phenoxy) is 6. The third-order valence-electron chi connectivity index (χ3n) is 10.3. The van der Waals surface area contributed by atoms with Gasteiger partial charge < -0.3 is 48.4 Å². The van der Waals surface area contributed by atoms with Gasteiger partial charge in [-0.2, -0.15) is 0 Å². The Labute approximate surface area is 337 Å². The molecule has 2 aromatic rings. The molecule has 16 nitrogen and oxygen atoms in total. The van der Waals surface area contributed by atoms with E-state index in [2.05, 4.69) is 19.7 Å². The zero-order valence-electron chi connectivity index (χ0n) is 33.7. The minimum atomic E-state index is -1.41. The molecule has 312 valence electrons. The molecule has 4 heterocycles. The molecule has 6 rings (SSSR count). The topological polar surface area (TPSA) is 177 Å². The van der Waals surface area contributed by atoms with Gasteiger partial charge in [-0.3, -0.25) is 9.59 Å². The van der Waals surface area contributed by atoms with Gasteiger partial charge in [-0.05, 0) is 65.0 Å². The Bertz CT molecular complexity index is 1990. The summed E-state index contributed by atoms with van der Waals surface area (Å²) in [5.41, 5.74) is 1.19. The molecule has 16 heteroatoms. The van der Waals surface area contributed by atoms with Crippen LogP contribution in [0, 0.1) is 0 Å². The number of benzene rings is 2. The van der Waals surface area contributed by atoms with Crippen LogP contribution in [0.4, 0.5) is 21.0 Å². The van der Waals surface area contributed by atoms with Gasteiger partial charge >= 0.3 is 12.2 Å². The number of amides is 4. The van der Waals surface area contributed by atoms with Crippen LogP contribution in [-0.2, 0) is 9.47 Å².